The monoisotopic (exact) mass is 258 g/mol. The molecule has 2 rings (SSSR count). The summed E-state index contributed by atoms with van der Waals surface area (Å²) in [5.74, 6) is 7.34. The molecule has 0 aliphatic heterocycles. The average Bonchev–Trinajstić information content (AvgIpc) is 2.44. The van der Waals surface area contributed by atoms with Gasteiger partial charge in [0.2, 0.25) is 0 Å². The Morgan fingerprint density at radius 3 is 2.79 bits per heavy atom. The zero-order valence-electron chi connectivity index (χ0n) is 11.1. The maximum Gasteiger partial charge on any atom is 0.145 e. The molecule has 0 saturated carbocycles. The normalized spacial score (nSPS) is 10.3. The molecule has 0 amide bonds. The molecular formula is C13H18N6. The van der Waals surface area contributed by atoms with E-state index in [2.05, 4.69) is 38.7 Å². The molecule has 0 bridgehead atoms. The molecule has 0 aliphatic carbocycles. The van der Waals surface area contributed by atoms with E-state index >= 15 is 0 Å². The lowest BCUT2D eigenvalue weighted by Crippen LogP contribution is -2.12. The van der Waals surface area contributed by atoms with Crippen LogP contribution in [0.1, 0.15) is 24.0 Å². The van der Waals surface area contributed by atoms with Gasteiger partial charge >= 0.3 is 0 Å². The zero-order chi connectivity index (χ0) is 13.7. The summed E-state index contributed by atoms with van der Waals surface area (Å²) in [5, 5.41) is 3.24. The van der Waals surface area contributed by atoms with Crippen LogP contribution in [-0.4, -0.2) is 15.0 Å². The van der Waals surface area contributed by atoms with E-state index in [0.29, 0.717) is 18.2 Å². The van der Waals surface area contributed by atoms with Crippen molar-refractivity contribution in [1.29, 1.82) is 0 Å². The number of nitrogen functional groups attached to an aromatic ring is 1. The first-order chi connectivity index (χ1) is 9.22. The zero-order valence-corrected chi connectivity index (χ0v) is 11.1. The van der Waals surface area contributed by atoms with Crippen molar-refractivity contribution in [1.82, 2.24) is 15.0 Å². The number of anilines is 2. The van der Waals surface area contributed by atoms with Crippen LogP contribution in [0.3, 0.4) is 0 Å². The lowest BCUT2D eigenvalue weighted by molar-refractivity contribution is 0.952. The van der Waals surface area contributed by atoms with Crippen LogP contribution in [0.25, 0.3) is 0 Å². The number of hydrogen-bond donors (Lipinski definition) is 3. The van der Waals surface area contributed by atoms with Crippen LogP contribution in [0.2, 0.25) is 0 Å². The summed E-state index contributed by atoms with van der Waals surface area (Å²) >= 11 is 0. The van der Waals surface area contributed by atoms with Gasteiger partial charge in [-0.15, -0.1) is 0 Å². The quantitative estimate of drug-likeness (QED) is 0.558. The number of nitrogens with zero attached hydrogens (tertiary/aromatic N) is 3. The largest absolute Gasteiger partial charge is 0.364 e. The van der Waals surface area contributed by atoms with Crippen LogP contribution in [0.15, 0.2) is 24.4 Å². The molecular weight excluding hydrogens is 240 g/mol. The van der Waals surface area contributed by atoms with Crippen molar-refractivity contribution in [2.45, 2.75) is 26.8 Å². The Kier molecular flexibility index (Phi) is 4.25. The molecule has 0 spiro atoms. The van der Waals surface area contributed by atoms with Gasteiger partial charge in [0.1, 0.15) is 17.5 Å². The van der Waals surface area contributed by atoms with Gasteiger partial charge in [-0.05, 0) is 25.0 Å². The minimum Gasteiger partial charge on any atom is -0.364 e. The van der Waals surface area contributed by atoms with Gasteiger partial charge in [0.05, 0.1) is 12.2 Å². The molecule has 6 heteroatoms. The van der Waals surface area contributed by atoms with Gasteiger partial charge in [-0.1, -0.05) is 13.0 Å². The number of aromatic nitrogens is 3. The smallest absolute Gasteiger partial charge is 0.145 e. The minimum absolute atomic E-state index is 0.590. The first-order valence-electron chi connectivity index (χ1n) is 6.22. The van der Waals surface area contributed by atoms with Crippen LogP contribution in [-0.2, 0) is 13.0 Å². The average molecular weight is 258 g/mol. The van der Waals surface area contributed by atoms with Crippen LogP contribution >= 0.6 is 0 Å². The first-order valence-corrected chi connectivity index (χ1v) is 6.22. The molecule has 2 aromatic rings. The van der Waals surface area contributed by atoms with Crippen molar-refractivity contribution in [3.8, 4) is 0 Å². The first kappa shape index (κ1) is 13.2. The van der Waals surface area contributed by atoms with E-state index in [1.165, 1.54) is 5.56 Å². The topological polar surface area (TPSA) is 88.8 Å². The molecule has 0 aliphatic rings. The van der Waals surface area contributed by atoms with Gasteiger partial charge in [-0.3, -0.25) is 4.98 Å². The van der Waals surface area contributed by atoms with Gasteiger partial charge in [-0.2, -0.15) is 0 Å². The maximum atomic E-state index is 5.36. The highest BCUT2D eigenvalue weighted by Crippen LogP contribution is 2.12. The molecule has 4 N–H and O–H groups in total. The molecule has 100 valence electrons. The number of nitrogens with one attached hydrogen (secondary N) is 2. The van der Waals surface area contributed by atoms with Gasteiger partial charge in [0.15, 0.2) is 0 Å². The summed E-state index contributed by atoms with van der Waals surface area (Å²) in [6, 6.07) is 5.80. The minimum atomic E-state index is 0.590. The van der Waals surface area contributed by atoms with Crippen LogP contribution in [0.4, 0.5) is 11.6 Å². The number of hydrogen-bond acceptors (Lipinski definition) is 6. The van der Waals surface area contributed by atoms with Crippen molar-refractivity contribution in [3.63, 3.8) is 0 Å². The molecule has 0 atom stereocenters. The summed E-state index contributed by atoms with van der Waals surface area (Å²) in [5.41, 5.74) is 4.79. The summed E-state index contributed by atoms with van der Waals surface area (Å²) in [6.45, 7) is 4.57. The fraction of sp³-hybridized carbons (Fsp3) is 0.308. The SMILES string of the molecule is CCc1cccnc1CNc1cc(NN)nc(C)n1. The Morgan fingerprint density at radius 1 is 1.26 bits per heavy atom. The second-order valence-corrected chi connectivity index (χ2v) is 4.15. The Hall–Kier alpha value is -2.21. The van der Waals surface area contributed by atoms with E-state index in [-0.39, 0.29) is 0 Å². The molecule has 0 unspecified atom stereocenters. The Balaban J connectivity index is 2.12. The van der Waals surface area contributed by atoms with Crippen LogP contribution < -0.4 is 16.6 Å². The van der Waals surface area contributed by atoms with Gasteiger partial charge in [-0.25, -0.2) is 15.8 Å². The van der Waals surface area contributed by atoms with Crippen LogP contribution in [0, 0.1) is 6.92 Å². The molecule has 2 heterocycles. The van der Waals surface area contributed by atoms with Gasteiger partial charge in [0, 0.05) is 12.3 Å². The van der Waals surface area contributed by atoms with Crippen molar-refractivity contribution < 1.29 is 0 Å². The lowest BCUT2D eigenvalue weighted by Gasteiger charge is -2.10. The van der Waals surface area contributed by atoms with E-state index in [9.17, 15) is 0 Å². The number of pyridine rings is 1. The fourth-order valence-corrected chi connectivity index (χ4v) is 1.86. The Morgan fingerprint density at radius 2 is 2.05 bits per heavy atom. The van der Waals surface area contributed by atoms with E-state index in [1.54, 1.807) is 12.3 Å². The van der Waals surface area contributed by atoms with Gasteiger partial charge < -0.3 is 10.7 Å². The number of hydrazine groups is 1. The summed E-state index contributed by atoms with van der Waals surface area (Å²) in [7, 11) is 0. The number of aryl methyl sites for hydroxylation is 2. The molecule has 0 aromatic carbocycles. The highest BCUT2D eigenvalue weighted by molar-refractivity contribution is 5.47. The third-order valence-corrected chi connectivity index (χ3v) is 2.79. The predicted octanol–water partition coefficient (Wildman–Crippen LogP) is 1.64. The molecule has 6 nitrogen and oxygen atoms in total. The van der Waals surface area contributed by atoms with Gasteiger partial charge in [0.25, 0.3) is 0 Å². The number of rotatable bonds is 5. The highest BCUT2D eigenvalue weighted by Gasteiger charge is 2.04. The van der Waals surface area contributed by atoms with E-state index in [1.807, 2.05) is 13.0 Å². The predicted molar refractivity (Wildman–Crippen MR) is 75.5 cm³/mol. The Bertz CT molecular complexity index is 555. The fourth-order valence-electron chi connectivity index (χ4n) is 1.86. The van der Waals surface area contributed by atoms with E-state index < -0.39 is 0 Å². The molecule has 2 aromatic heterocycles. The van der Waals surface area contributed by atoms with Crippen molar-refractivity contribution in [3.05, 3.63) is 41.5 Å². The van der Waals surface area contributed by atoms with Crippen molar-refractivity contribution in [2.24, 2.45) is 5.84 Å². The van der Waals surface area contributed by atoms with E-state index in [4.69, 9.17) is 5.84 Å². The maximum absolute atomic E-state index is 5.36. The highest BCUT2D eigenvalue weighted by atomic mass is 15.3. The standard InChI is InChI=1S/C13H18N6/c1-3-10-5-4-6-15-11(10)8-16-12-7-13(19-14)18-9(2)17-12/h4-7H,3,8,14H2,1-2H3,(H2,16,17,18,19). The lowest BCUT2D eigenvalue weighted by atomic mass is 10.1. The summed E-state index contributed by atoms with van der Waals surface area (Å²) in [6.07, 6.45) is 2.76. The second-order valence-electron chi connectivity index (χ2n) is 4.15. The van der Waals surface area contributed by atoms with Crippen molar-refractivity contribution >= 4 is 11.6 Å². The van der Waals surface area contributed by atoms with E-state index in [0.717, 1.165) is 17.9 Å². The Labute approximate surface area is 112 Å². The third kappa shape index (κ3) is 3.38. The molecule has 0 saturated heterocycles. The summed E-state index contributed by atoms with van der Waals surface area (Å²) in [4.78, 5) is 12.8. The molecule has 19 heavy (non-hydrogen) atoms. The molecule has 0 radical (unpaired) electrons. The second kappa shape index (κ2) is 6.10. The van der Waals surface area contributed by atoms with Crippen molar-refractivity contribution in [2.75, 3.05) is 10.7 Å². The summed E-state index contributed by atoms with van der Waals surface area (Å²) < 4.78 is 0. The number of nitrogens with two attached hydrogens (primary N) is 1. The third-order valence-electron chi connectivity index (χ3n) is 2.79. The molecule has 0 fully saturated rings. The van der Waals surface area contributed by atoms with Crippen LogP contribution in [0.5, 0.6) is 0 Å².